The van der Waals surface area contributed by atoms with Crippen LogP contribution in [0, 0.1) is 0 Å². The molecule has 0 aliphatic heterocycles. The number of esters is 1. The van der Waals surface area contributed by atoms with Gasteiger partial charge in [0.15, 0.2) is 0 Å². The second kappa shape index (κ2) is 5.69. The van der Waals surface area contributed by atoms with Gasteiger partial charge in [-0.25, -0.2) is 9.78 Å². The van der Waals surface area contributed by atoms with Gasteiger partial charge in [-0.3, -0.25) is 0 Å². The third kappa shape index (κ3) is 2.51. The van der Waals surface area contributed by atoms with Crippen LogP contribution in [0.1, 0.15) is 23.0 Å². The number of carbonyl (C=O) groups is 1. The molecule has 2 aromatic heterocycles. The van der Waals surface area contributed by atoms with Gasteiger partial charge < -0.3 is 20.1 Å². The number of imidazole rings is 1. The van der Waals surface area contributed by atoms with Crippen molar-refractivity contribution in [2.75, 3.05) is 7.11 Å². The van der Waals surface area contributed by atoms with E-state index in [4.69, 9.17) is 15.7 Å². The van der Waals surface area contributed by atoms with Crippen molar-refractivity contribution in [2.45, 2.75) is 13.0 Å². The normalized spacial score (nSPS) is 19.6. The standard InChI is InChI=1S/C16H16N4O3/c1-9-11(4-5-12(17)15(9)19-22)13-8-20-7-10(16(21)23-2)3-6-14(20)18-13/h3-8,12,22H,17H2,1-2H3. The lowest BCUT2D eigenvalue weighted by atomic mass is 9.92. The minimum Gasteiger partial charge on any atom is -0.465 e. The summed E-state index contributed by atoms with van der Waals surface area (Å²) >= 11 is 0. The predicted molar refractivity (Wildman–Crippen MR) is 85.5 cm³/mol. The maximum atomic E-state index is 11.6. The summed E-state index contributed by atoms with van der Waals surface area (Å²) in [6, 6.07) is 2.96. The highest BCUT2D eigenvalue weighted by Crippen LogP contribution is 2.25. The van der Waals surface area contributed by atoms with Gasteiger partial charge in [-0.1, -0.05) is 17.3 Å². The fourth-order valence-electron chi connectivity index (χ4n) is 2.58. The van der Waals surface area contributed by atoms with Gasteiger partial charge in [0.1, 0.15) is 11.4 Å². The molecule has 1 aliphatic rings. The lowest BCUT2D eigenvalue weighted by molar-refractivity contribution is 0.0600. The molecule has 0 saturated carbocycles. The average Bonchev–Trinajstić information content (AvgIpc) is 2.97. The van der Waals surface area contributed by atoms with E-state index in [1.165, 1.54) is 7.11 Å². The summed E-state index contributed by atoms with van der Waals surface area (Å²) in [4.78, 5) is 16.1. The van der Waals surface area contributed by atoms with Crippen molar-refractivity contribution in [3.8, 4) is 0 Å². The first-order valence-corrected chi connectivity index (χ1v) is 6.99. The molecule has 1 unspecified atom stereocenters. The first-order valence-electron chi connectivity index (χ1n) is 6.99. The number of ether oxygens (including phenoxy) is 1. The van der Waals surface area contributed by atoms with Crippen molar-refractivity contribution < 1.29 is 14.7 Å². The van der Waals surface area contributed by atoms with Gasteiger partial charge >= 0.3 is 5.97 Å². The summed E-state index contributed by atoms with van der Waals surface area (Å²) < 4.78 is 6.47. The van der Waals surface area contributed by atoms with Crippen molar-refractivity contribution in [1.29, 1.82) is 0 Å². The quantitative estimate of drug-likeness (QED) is 0.498. The number of nitrogens with zero attached hydrogens (tertiary/aromatic N) is 3. The van der Waals surface area contributed by atoms with Crippen LogP contribution in [0.5, 0.6) is 0 Å². The van der Waals surface area contributed by atoms with Crippen LogP contribution in [0.3, 0.4) is 0 Å². The first kappa shape index (κ1) is 15.0. The van der Waals surface area contributed by atoms with E-state index >= 15 is 0 Å². The van der Waals surface area contributed by atoms with Crippen LogP contribution in [0.4, 0.5) is 0 Å². The van der Waals surface area contributed by atoms with Gasteiger partial charge in [-0.15, -0.1) is 0 Å². The first-order chi connectivity index (χ1) is 11.0. The second-order valence-electron chi connectivity index (χ2n) is 5.21. The molecule has 1 atom stereocenters. The van der Waals surface area contributed by atoms with Crippen molar-refractivity contribution in [1.82, 2.24) is 9.38 Å². The van der Waals surface area contributed by atoms with Crippen LogP contribution in [-0.2, 0) is 4.74 Å². The predicted octanol–water partition coefficient (Wildman–Crippen LogP) is 1.62. The highest BCUT2D eigenvalue weighted by atomic mass is 16.5. The molecule has 0 saturated heterocycles. The monoisotopic (exact) mass is 312 g/mol. The van der Waals surface area contributed by atoms with E-state index in [0.717, 1.165) is 11.1 Å². The fourth-order valence-corrected chi connectivity index (χ4v) is 2.58. The fraction of sp³-hybridized carbons (Fsp3) is 0.188. The number of nitrogens with two attached hydrogens (primary N) is 1. The number of pyridine rings is 1. The third-order valence-corrected chi connectivity index (χ3v) is 3.83. The summed E-state index contributed by atoms with van der Waals surface area (Å²) in [6.45, 7) is 1.83. The van der Waals surface area contributed by atoms with Gasteiger partial charge in [0, 0.05) is 18.0 Å². The topological polar surface area (TPSA) is 102 Å². The Bertz CT molecular complexity index is 877. The highest BCUT2D eigenvalue weighted by molar-refractivity contribution is 6.12. The third-order valence-electron chi connectivity index (χ3n) is 3.83. The maximum Gasteiger partial charge on any atom is 0.339 e. The van der Waals surface area contributed by atoms with Crippen molar-refractivity contribution >= 4 is 22.9 Å². The molecule has 2 heterocycles. The van der Waals surface area contributed by atoms with E-state index in [9.17, 15) is 4.79 Å². The lowest BCUT2D eigenvalue weighted by Crippen LogP contribution is -2.31. The molecule has 0 amide bonds. The number of methoxy groups -OCH3 is 1. The van der Waals surface area contributed by atoms with Gasteiger partial charge in [0.25, 0.3) is 0 Å². The van der Waals surface area contributed by atoms with Gasteiger partial charge in [0.05, 0.1) is 24.4 Å². The Balaban J connectivity index is 2.09. The molecule has 0 aromatic carbocycles. The minimum atomic E-state index is -0.438. The summed E-state index contributed by atoms with van der Waals surface area (Å²) in [5.74, 6) is -0.407. The Kier molecular flexibility index (Phi) is 3.71. The maximum absolute atomic E-state index is 11.6. The molecule has 0 spiro atoms. The molecule has 2 aromatic rings. The van der Waals surface area contributed by atoms with E-state index in [2.05, 4.69) is 10.1 Å². The smallest absolute Gasteiger partial charge is 0.339 e. The Hall–Kier alpha value is -2.93. The van der Waals surface area contributed by atoms with E-state index in [0.29, 0.717) is 22.6 Å². The molecule has 118 valence electrons. The molecule has 7 heteroatoms. The summed E-state index contributed by atoms with van der Waals surface area (Å²) in [7, 11) is 1.34. The van der Waals surface area contributed by atoms with Crippen LogP contribution in [0.2, 0.25) is 0 Å². The Morgan fingerprint density at radius 2 is 2.22 bits per heavy atom. The zero-order valence-electron chi connectivity index (χ0n) is 12.7. The summed E-state index contributed by atoms with van der Waals surface area (Å²) in [6.07, 6.45) is 7.07. The largest absolute Gasteiger partial charge is 0.465 e. The van der Waals surface area contributed by atoms with E-state index in [1.807, 2.05) is 13.0 Å². The second-order valence-corrected chi connectivity index (χ2v) is 5.21. The molecular weight excluding hydrogens is 296 g/mol. The van der Waals surface area contributed by atoms with Gasteiger partial charge in [-0.05, 0) is 24.6 Å². The Labute approximate surface area is 132 Å². The number of aromatic nitrogens is 2. The number of rotatable bonds is 2. The van der Waals surface area contributed by atoms with Crippen molar-refractivity contribution in [2.24, 2.45) is 10.9 Å². The minimum absolute atomic E-state index is 0.407. The van der Waals surface area contributed by atoms with Crippen molar-refractivity contribution in [3.63, 3.8) is 0 Å². The number of hydrogen-bond donors (Lipinski definition) is 2. The zero-order chi connectivity index (χ0) is 16.6. The average molecular weight is 312 g/mol. The lowest BCUT2D eigenvalue weighted by Gasteiger charge is -2.17. The van der Waals surface area contributed by atoms with Crippen molar-refractivity contribution in [3.05, 3.63) is 53.5 Å². The van der Waals surface area contributed by atoms with Crippen LogP contribution in [0.25, 0.3) is 11.2 Å². The SMILES string of the molecule is COC(=O)c1ccc2nc(C3=C(C)C(=NO)C(N)C=C3)cn2c1. The number of hydrogen-bond acceptors (Lipinski definition) is 6. The molecule has 3 N–H and O–H groups in total. The van der Waals surface area contributed by atoms with E-state index in [-0.39, 0.29) is 0 Å². The molecule has 0 fully saturated rings. The Morgan fingerprint density at radius 3 is 2.91 bits per heavy atom. The highest BCUT2D eigenvalue weighted by Gasteiger charge is 2.21. The molecule has 0 radical (unpaired) electrons. The summed E-state index contributed by atoms with van der Waals surface area (Å²) in [5.41, 5.74) is 9.71. The molecule has 1 aliphatic carbocycles. The van der Waals surface area contributed by atoms with E-state index in [1.54, 1.807) is 35.0 Å². The van der Waals surface area contributed by atoms with Crippen LogP contribution >= 0.6 is 0 Å². The molecule has 23 heavy (non-hydrogen) atoms. The van der Waals surface area contributed by atoms with Gasteiger partial charge in [-0.2, -0.15) is 0 Å². The molecule has 7 nitrogen and oxygen atoms in total. The number of carbonyl (C=O) groups excluding carboxylic acids is 1. The summed E-state index contributed by atoms with van der Waals surface area (Å²) in [5, 5.41) is 12.4. The van der Waals surface area contributed by atoms with E-state index < -0.39 is 12.0 Å². The molecular formula is C16H16N4O3. The number of fused-ring (bicyclic) bond motifs is 1. The van der Waals surface area contributed by atoms with Crippen LogP contribution < -0.4 is 5.73 Å². The zero-order valence-corrected chi connectivity index (χ0v) is 12.7. The molecule has 3 rings (SSSR count). The van der Waals surface area contributed by atoms with Gasteiger partial charge in [0.2, 0.25) is 0 Å². The van der Waals surface area contributed by atoms with Crippen LogP contribution in [0.15, 0.2) is 47.4 Å². The number of oxime groups is 1. The molecule has 0 bridgehead atoms. The Morgan fingerprint density at radius 1 is 1.43 bits per heavy atom. The van der Waals surface area contributed by atoms with Crippen LogP contribution in [-0.4, -0.2) is 39.4 Å². The number of allylic oxidation sites excluding steroid dienone is 2.